The molecule has 5 heteroatoms. The molecule has 2 aliphatic rings. The molecule has 2 heterocycles. The first-order valence-electron chi connectivity index (χ1n) is 6.55. The fourth-order valence-corrected chi connectivity index (χ4v) is 2.85. The van der Waals surface area contributed by atoms with E-state index in [1.807, 2.05) is 0 Å². The van der Waals surface area contributed by atoms with Gasteiger partial charge in [-0.3, -0.25) is 9.59 Å². The van der Waals surface area contributed by atoms with E-state index in [-0.39, 0.29) is 23.1 Å². The maximum Gasteiger partial charge on any atom is 0.235 e. The zero-order chi connectivity index (χ0) is 13.5. The lowest BCUT2D eigenvalue weighted by atomic mass is 9.74. The van der Waals surface area contributed by atoms with Crippen LogP contribution in [0.15, 0.2) is 0 Å². The molecule has 2 rings (SSSR count). The first-order valence-corrected chi connectivity index (χ1v) is 6.55. The number of carbonyl (C=O) groups is 2. The van der Waals surface area contributed by atoms with E-state index in [4.69, 9.17) is 0 Å². The van der Waals surface area contributed by atoms with Gasteiger partial charge in [-0.05, 0) is 11.8 Å². The third-order valence-electron chi connectivity index (χ3n) is 4.03. The van der Waals surface area contributed by atoms with Crippen molar-refractivity contribution in [1.82, 2.24) is 10.2 Å². The number of likely N-dealkylation sites (tertiary alicyclic amines) is 1. The Morgan fingerprint density at radius 3 is 2.61 bits per heavy atom. The topological polar surface area (TPSA) is 69.6 Å². The van der Waals surface area contributed by atoms with Gasteiger partial charge < -0.3 is 15.3 Å². The van der Waals surface area contributed by atoms with Crippen LogP contribution in [0.25, 0.3) is 0 Å². The highest BCUT2D eigenvalue weighted by atomic mass is 16.3. The molecule has 0 aromatic heterocycles. The van der Waals surface area contributed by atoms with Gasteiger partial charge in [-0.2, -0.15) is 0 Å². The van der Waals surface area contributed by atoms with E-state index in [2.05, 4.69) is 26.1 Å². The number of amides is 2. The molecule has 0 radical (unpaired) electrons. The van der Waals surface area contributed by atoms with Gasteiger partial charge in [-0.15, -0.1) is 0 Å². The molecule has 0 saturated carbocycles. The van der Waals surface area contributed by atoms with Crippen molar-refractivity contribution in [3.63, 3.8) is 0 Å². The second-order valence-electron chi connectivity index (χ2n) is 6.42. The molecule has 0 aromatic rings. The minimum atomic E-state index is -0.588. The summed E-state index contributed by atoms with van der Waals surface area (Å²) in [6.07, 6.45) is 0.173. The minimum Gasteiger partial charge on any atom is -0.391 e. The molecule has 0 aromatic carbocycles. The van der Waals surface area contributed by atoms with Crippen LogP contribution in [0.2, 0.25) is 0 Å². The van der Waals surface area contributed by atoms with Crippen molar-refractivity contribution in [2.75, 3.05) is 19.6 Å². The van der Waals surface area contributed by atoms with Crippen molar-refractivity contribution in [3.05, 3.63) is 0 Å². The molecule has 3 unspecified atom stereocenters. The third kappa shape index (κ3) is 2.36. The molecular formula is C13H22N2O3. The van der Waals surface area contributed by atoms with Gasteiger partial charge in [-0.25, -0.2) is 0 Å². The van der Waals surface area contributed by atoms with Gasteiger partial charge in [0.25, 0.3) is 0 Å². The van der Waals surface area contributed by atoms with Gasteiger partial charge in [0, 0.05) is 25.6 Å². The Balaban J connectivity index is 2.14. The molecule has 2 amide bonds. The summed E-state index contributed by atoms with van der Waals surface area (Å²) >= 11 is 0. The van der Waals surface area contributed by atoms with E-state index in [9.17, 15) is 14.7 Å². The van der Waals surface area contributed by atoms with Gasteiger partial charge in [0.2, 0.25) is 11.8 Å². The number of hydrogen-bond acceptors (Lipinski definition) is 3. The van der Waals surface area contributed by atoms with Crippen LogP contribution >= 0.6 is 0 Å². The fourth-order valence-electron chi connectivity index (χ4n) is 2.85. The Bertz CT molecular complexity index is 362. The summed E-state index contributed by atoms with van der Waals surface area (Å²) in [5, 5.41) is 12.3. The van der Waals surface area contributed by atoms with Crippen molar-refractivity contribution in [3.8, 4) is 0 Å². The summed E-state index contributed by atoms with van der Waals surface area (Å²) in [7, 11) is 0. The van der Waals surface area contributed by atoms with E-state index in [1.54, 1.807) is 4.90 Å². The predicted octanol–water partition coefficient (Wildman–Crippen LogP) is -0.0121. The Morgan fingerprint density at radius 1 is 1.44 bits per heavy atom. The highest BCUT2D eigenvalue weighted by molar-refractivity contribution is 6.02. The third-order valence-corrected chi connectivity index (χ3v) is 4.03. The molecule has 2 saturated heterocycles. The van der Waals surface area contributed by atoms with Crippen LogP contribution in [-0.4, -0.2) is 47.6 Å². The highest BCUT2D eigenvalue weighted by Crippen LogP contribution is 2.36. The number of nitrogens with zero attached hydrogens (tertiary/aromatic N) is 1. The molecule has 2 N–H and O–H groups in total. The van der Waals surface area contributed by atoms with Gasteiger partial charge in [0.1, 0.15) is 5.92 Å². The lowest BCUT2D eigenvalue weighted by molar-refractivity contribution is -0.142. The molecule has 0 bridgehead atoms. The SMILES string of the molecule is CC(C)(C)C1CNC(=O)C1C(=O)N1CCC(O)C1. The van der Waals surface area contributed by atoms with Crippen molar-refractivity contribution in [1.29, 1.82) is 0 Å². The minimum absolute atomic E-state index is 0.0234. The van der Waals surface area contributed by atoms with Crippen LogP contribution in [0.4, 0.5) is 0 Å². The standard InChI is InChI=1S/C13H22N2O3/c1-13(2,3)9-6-14-11(17)10(9)12(18)15-5-4-8(16)7-15/h8-10,16H,4-7H2,1-3H3,(H,14,17). The maximum atomic E-state index is 12.4. The van der Waals surface area contributed by atoms with Crippen molar-refractivity contribution in [2.45, 2.75) is 33.3 Å². The van der Waals surface area contributed by atoms with Crippen LogP contribution < -0.4 is 5.32 Å². The molecule has 2 fully saturated rings. The van der Waals surface area contributed by atoms with Gasteiger partial charge >= 0.3 is 0 Å². The number of rotatable bonds is 1. The Morgan fingerprint density at radius 2 is 2.11 bits per heavy atom. The fraction of sp³-hybridized carbons (Fsp3) is 0.846. The maximum absolute atomic E-state index is 12.4. The summed E-state index contributed by atoms with van der Waals surface area (Å²) in [5.41, 5.74) is -0.0855. The van der Waals surface area contributed by atoms with Crippen molar-refractivity contribution < 1.29 is 14.7 Å². The lowest BCUT2D eigenvalue weighted by Crippen LogP contribution is -2.43. The van der Waals surface area contributed by atoms with Crippen LogP contribution in [-0.2, 0) is 9.59 Å². The number of aliphatic hydroxyl groups excluding tert-OH is 1. The smallest absolute Gasteiger partial charge is 0.235 e. The number of nitrogens with one attached hydrogen (secondary N) is 1. The molecule has 0 aliphatic carbocycles. The number of β-amino-alcohol motifs (C(OH)–C–C–N with tert-alkyl or cyclic N) is 1. The van der Waals surface area contributed by atoms with E-state index in [1.165, 1.54) is 0 Å². The van der Waals surface area contributed by atoms with E-state index < -0.39 is 12.0 Å². The van der Waals surface area contributed by atoms with Crippen LogP contribution in [0.3, 0.4) is 0 Å². The molecule has 18 heavy (non-hydrogen) atoms. The number of carbonyl (C=O) groups excluding carboxylic acids is 2. The Hall–Kier alpha value is -1.10. The van der Waals surface area contributed by atoms with Crippen LogP contribution in [0, 0.1) is 17.3 Å². The summed E-state index contributed by atoms with van der Waals surface area (Å²) in [4.78, 5) is 25.9. The summed E-state index contributed by atoms with van der Waals surface area (Å²) in [6.45, 7) is 7.64. The summed E-state index contributed by atoms with van der Waals surface area (Å²) < 4.78 is 0. The van der Waals surface area contributed by atoms with Gasteiger partial charge in [0.05, 0.1) is 6.10 Å². The Labute approximate surface area is 108 Å². The largest absolute Gasteiger partial charge is 0.391 e. The average Bonchev–Trinajstić information content (AvgIpc) is 2.82. The zero-order valence-electron chi connectivity index (χ0n) is 11.3. The first kappa shape index (κ1) is 13.3. The van der Waals surface area contributed by atoms with Crippen molar-refractivity contribution >= 4 is 11.8 Å². The van der Waals surface area contributed by atoms with Gasteiger partial charge in [0.15, 0.2) is 0 Å². The predicted molar refractivity (Wildman–Crippen MR) is 66.6 cm³/mol. The second kappa shape index (κ2) is 4.53. The van der Waals surface area contributed by atoms with E-state index in [0.717, 1.165) is 0 Å². The molecule has 102 valence electrons. The van der Waals surface area contributed by atoms with Crippen LogP contribution in [0.5, 0.6) is 0 Å². The molecule has 5 nitrogen and oxygen atoms in total. The molecule has 2 aliphatic heterocycles. The molecular weight excluding hydrogens is 232 g/mol. The monoisotopic (exact) mass is 254 g/mol. The summed E-state index contributed by atoms with van der Waals surface area (Å²) in [6, 6.07) is 0. The van der Waals surface area contributed by atoms with Crippen LogP contribution in [0.1, 0.15) is 27.2 Å². The average molecular weight is 254 g/mol. The van der Waals surface area contributed by atoms with E-state index >= 15 is 0 Å². The zero-order valence-corrected chi connectivity index (χ0v) is 11.3. The summed E-state index contributed by atoms with van der Waals surface area (Å²) in [5.74, 6) is -0.853. The second-order valence-corrected chi connectivity index (χ2v) is 6.42. The molecule has 3 atom stereocenters. The molecule has 0 spiro atoms. The van der Waals surface area contributed by atoms with E-state index in [0.29, 0.717) is 26.1 Å². The number of aliphatic hydroxyl groups is 1. The quantitative estimate of drug-likeness (QED) is 0.647. The highest BCUT2D eigenvalue weighted by Gasteiger charge is 2.47. The Kier molecular flexibility index (Phi) is 3.36. The first-order chi connectivity index (χ1) is 8.30. The number of hydrogen-bond donors (Lipinski definition) is 2. The normalized spacial score (nSPS) is 32.8. The van der Waals surface area contributed by atoms with Crippen molar-refractivity contribution in [2.24, 2.45) is 17.3 Å². The lowest BCUT2D eigenvalue weighted by Gasteiger charge is -2.31. The van der Waals surface area contributed by atoms with Gasteiger partial charge in [-0.1, -0.05) is 20.8 Å².